The summed E-state index contributed by atoms with van der Waals surface area (Å²) in [6.07, 6.45) is 2.53. The van der Waals surface area contributed by atoms with Crippen LogP contribution in [0.2, 0.25) is 0 Å². The zero-order chi connectivity index (χ0) is 11.1. The van der Waals surface area contributed by atoms with Gasteiger partial charge in [-0.3, -0.25) is 4.99 Å². The number of rotatable bonds is 4. The average molecular weight is 213 g/mol. The number of likely N-dealkylation sites (tertiary alicyclic amines) is 1. The van der Waals surface area contributed by atoms with Crippen molar-refractivity contribution in [1.82, 2.24) is 4.90 Å². The summed E-state index contributed by atoms with van der Waals surface area (Å²) < 4.78 is 5.21. The van der Waals surface area contributed by atoms with Crippen LogP contribution in [0, 0.1) is 5.92 Å². The van der Waals surface area contributed by atoms with E-state index in [4.69, 9.17) is 10.5 Å². The quantitative estimate of drug-likeness (QED) is 0.432. The van der Waals surface area contributed by atoms with Crippen molar-refractivity contribution < 1.29 is 4.74 Å². The Hall–Kier alpha value is -0.770. The first-order chi connectivity index (χ1) is 7.24. The number of hydrogen-bond donors (Lipinski definition) is 1. The Kier molecular flexibility index (Phi) is 5.47. The van der Waals surface area contributed by atoms with Crippen molar-refractivity contribution in [2.45, 2.75) is 26.7 Å². The van der Waals surface area contributed by atoms with Crippen molar-refractivity contribution in [2.24, 2.45) is 16.6 Å². The van der Waals surface area contributed by atoms with Gasteiger partial charge in [0.15, 0.2) is 5.96 Å². The summed E-state index contributed by atoms with van der Waals surface area (Å²) in [5.74, 6) is 1.42. The van der Waals surface area contributed by atoms with Gasteiger partial charge in [-0.2, -0.15) is 0 Å². The molecule has 1 rings (SSSR count). The van der Waals surface area contributed by atoms with Crippen LogP contribution in [0.25, 0.3) is 0 Å². The molecule has 1 unspecified atom stereocenters. The predicted octanol–water partition coefficient (Wildman–Crippen LogP) is 1.07. The normalized spacial score (nSPS) is 23.2. The fourth-order valence-corrected chi connectivity index (χ4v) is 1.87. The van der Waals surface area contributed by atoms with E-state index in [2.05, 4.69) is 16.8 Å². The SMILES string of the molecule is CCOCCN=C(N)N1CCCC(C)C1. The van der Waals surface area contributed by atoms with E-state index in [0.717, 1.165) is 25.6 Å². The summed E-state index contributed by atoms with van der Waals surface area (Å²) in [4.78, 5) is 6.50. The fourth-order valence-electron chi connectivity index (χ4n) is 1.87. The highest BCUT2D eigenvalue weighted by molar-refractivity contribution is 5.78. The molecule has 2 N–H and O–H groups in total. The molecule has 1 atom stereocenters. The Morgan fingerprint density at radius 1 is 1.60 bits per heavy atom. The van der Waals surface area contributed by atoms with E-state index < -0.39 is 0 Å². The molecule has 0 aliphatic carbocycles. The van der Waals surface area contributed by atoms with Gasteiger partial charge in [0.05, 0.1) is 13.2 Å². The lowest BCUT2D eigenvalue weighted by molar-refractivity contribution is 0.155. The first-order valence-electron chi connectivity index (χ1n) is 5.86. The molecule has 0 bridgehead atoms. The van der Waals surface area contributed by atoms with E-state index in [0.29, 0.717) is 19.1 Å². The molecule has 1 aliphatic rings. The standard InChI is InChI=1S/C11H23N3O/c1-3-15-8-6-13-11(12)14-7-4-5-10(2)9-14/h10H,3-9H2,1-2H3,(H2,12,13). The van der Waals surface area contributed by atoms with Gasteiger partial charge in [-0.15, -0.1) is 0 Å². The maximum absolute atomic E-state index is 5.91. The molecule has 0 aromatic carbocycles. The molecule has 4 nitrogen and oxygen atoms in total. The minimum Gasteiger partial charge on any atom is -0.380 e. The molecule has 1 aliphatic heterocycles. The molecule has 1 fully saturated rings. The van der Waals surface area contributed by atoms with Crippen LogP contribution >= 0.6 is 0 Å². The number of nitrogens with two attached hydrogens (primary N) is 1. The minimum absolute atomic E-state index is 0.667. The maximum atomic E-state index is 5.91. The third kappa shape index (κ3) is 4.51. The fraction of sp³-hybridized carbons (Fsp3) is 0.909. The Morgan fingerprint density at radius 3 is 3.07 bits per heavy atom. The Labute approximate surface area is 92.5 Å². The summed E-state index contributed by atoms with van der Waals surface area (Å²) in [5, 5.41) is 0. The van der Waals surface area contributed by atoms with Gasteiger partial charge in [0.1, 0.15) is 0 Å². The Bertz CT molecular complexity index is 206. The molecule has 0 aromatic heterocycles. The molecule has 0 spiro atoms. The molecule has 0 aromatic rings. The van der Waals surface area contributed by atoms with E-state index in [1.54, 1.807) is 0 Å². The molecule has 0 amide bonds. The smallest absolute Gasteiger partial charge is 0.191 e. The molecule has 88 valence electrons. The van der Waals surface area contributed by atoms with E-state index in [-0.39, 0.29) is 0 Å². The summed E-state index contributed by atoms with van der Waals surface area (Å²) in [6, 6.07) is 0. The van der Waals surface area contributed by atoms with Gasteiger partial charge in [-0.1, -0.05) is 6.92 Å². The summed E-state index contributed by atoms with van der Waals surface area (Å²) in [5.41, 5.74) is 5.91. The lowest BCUT2D eigenvalue weighted by Crippen LogP contribution is -2.43. The number of ether oxygens (including phenoxy) is 1. The monoisotopic (exact) mass is 213 g/mol. The molecular formula is C11H23N3O. The van der Waals surface area contributed by atoms with Gasteiger partial charge < -0.3 is 15.4 Å². The van der Waals surface area contributed by atoms with E-state index in [9.17, 15) is 0 Å². The highest BCUT2D eigenvalue weighted by Gasteiger charge is 2.17. The third-order valence-corrected chi connectivity index (χ3v) is 2.69. The first-order valence-corrected chi connectivity index (χ1v) is 5.86. The lowest BCUT2D eigenvalue weighted by Gasteiger charge is -2.31. The van der Waals surface area contributed by atoms with Crippen molar-refractivity contribution in [2.75, 3.05) is 32.8 Å². The lowest BCUT2D eigenvalue weighted by atomic mass is 10.0. The second-order valence-corrected chi connectivity index (χ2v) is 4.13. The van der Waals surface area contributed by atoms with E-state index in [1.165, 1.54) is 12.8 Å². The molecule has 0 radical (unpaired) electrons. The molecule has 1 saturated heterocycles. The van der Waals surface area contributed by atoms with Crippen molar-refractivity contribution in [3.05, 3.63) is 0 Å². The zero-order valence-electron chi connectivity index (χ0n) is 9.91. The minimum atomic E-state index is 0.667. The molecule has 15 heavy (non-hydrogen) atoms. The maximum Gasteiger partial charge on any atom is 0.191 e. The van der Waals surface area contributed by atoms with Crippen molar-refractivity contribution in [3.8, 4) is 0 Å². The van der Waals surface area contributed by atoms with Crippen LogP contribution in [-0.2, 0) is 4.74 Å². The molecule has 1 heterocycles. The average Bonchev–Trinajstić information content (AvgIpc) is 2.24. The number of piperidine rings is 1. The van der Waals surface area contributed by atoms with E-state index in [1.807, 2.05) is 6.92 Å². The first kappa shape index (κ1) is 12.3. The number of hydrogen-bond acceptors (Lipinski definition) is 2. The van der Waals surface area contributed by atoms with Gasteiger partial charge in [-0.05, 0) is 25.7 Å². The number of guanidine groups is 1. The van der Waals surface area contributed by atoms with Crippen LogP contribution < -0.4 is 5.73 Å². The van der Waals surface area contributed by atoms with Crippen LogP contribution in [0.15, 0.2) is 4.99 Å². The molecule has 0 saturated carbocycles. The van der Waals surface area contributed by atoms with Crippen LogP contribution in [-0.4, -0.2) is 43.7 Å². The summed E-state index contributed by atoms with van der Waals surface area (Å²) in [6.45, 7) is 8.43. The molecular weight excluding hydrogens is 190 g/mol. The van der Waals surface area contributed by atoms with Gasteiger partial charge in [0.25, 0.3) is 0 Å². The highest BCUT2D eigenvalue weighted by atomic mass is 16.5. The largest absolute Gasteiger partial charge is 0.380 e. The summed E-state index contributed by atoms with van der Waals surface area (Å²) in [7, 11) is 0. The predicted molar refractivity (Wildman–Crippen MR) is 63.0 cm³/mol. The van der Waals surface area contributed by atoms with Crippen LogP contribution in [0.1, 0.15) is 26.7 Å². The van der Waals surface area contributed by atoms with Crippen LogP contribution in [0.4, 0.5) is 0 Å². The zero-order valence-corrected chi connectivity index (χ0v) is 9.91. The van der Waals surface area contributed by atoms with E-state index >= 15 is 0 Å². The van der Waals surface area contributed by atoms with Gasteiger partial charge >= 0.3 is 0 Å². The number of aliphatic imine (C=N–C) groups is 1. The van der Waals surface area contributed by atoms with Crippen LogP contribution in [0.3, 0.4) is 0 Å². The van der Waals surface area contributed by atoms with Crippen molar-refractivity contribution in [3.63, 3.8) is 0 Å². The van der Waals surface area contributed by atoms with Crippen LogP contribution in [0.5, 0.6) is 0 Å². The third-order valence-electron chi connectivity index (χ3n) is 2.69. The Morgan fingerprint density at radius 2 is 2.40 bits per heavy atom. The Balaban J connectivity index is 2.27. The van der Waals surface area contributed by atoms with Gasteiger partial charge in [0.2, 0.25) is 0 Å². The van der Waals surface area contributed by atoms with Crippen molar-refractivity contribution in [1.29, 1.82) is 0 Å². The molecule has 4 heteroatoms. The number of nitrogens with zero attached hydrogens (tertiary/aromatic N) is 2. The topological polar surface area (TPSA) is 50.9 Å². The summed E-state index contributed by atoms with van der Waals surface area (Å²) >= 11 is 0. The second-order valence-electron chi connectivity index (χ2n) is 4.13. The second kappa shape index (κ2) is 6.67. The highest BCUT2D eigenvalue weighted by Crippen LogP contribution is 2.14. The van der Waals surface area contributed by atoms with Gasteiger partial charge in [0, 0.05) is 19.7 Å². The van der Waals surface area contributed by atoms with Crippen molar-refractivity contribution >= 4 is 5.96 Å². The van der Waals surface area contributed by atoms with Gasteiger partial charge in [-0.25, -0.2) is 0 Å².